The summed E-state index contributed by atoms with van der Waals surface area (Å²) in [7, 11) is 0. The maximum atomic E-state index is 11.2. The second-order valence-corrected chi connectivity index (χ2v) is 5.90. The highest BCUT2D eigenvalue weighted by Crippen LogP contribution is 2.56. The number of rotatable bonds is 3. The van der Waals surface area contributed by atoms with E-state index in [4.69, 9.17) is 23.1 Å². The molecule has 0 aliphatic rings. The zero-order valence-electron chi connectivity index (χ0n) is 6.11. The van der Waals surface area contributed by atoms with E-state index >= 15 is 0 Å². The molecule has 5 heteroatoms. The van der Waals surface area contributed by atoms with E-state index in [1.165, 1.54) is 0 Å². The van der Waals surface area contributed by atoms with Crippen LogP contribution in [0, 0.1) is 0 Å². The van der Waals surface area contributed by atoms with Gasteiger partial charge in [0.2, 0.25) is 0 Å². The Labute approximate surface area is 80.9 Å². The van der Waals surface area contributed by atoms with Crippen LogP contribution in [0.3, 0.4) is 0 Å². The molecule has 0 bridgehead atoms. The summed E-state index contributed by atoms with van der Waals surface area (Å²) in [4.78, 5) is 0. The van der Waals surface area contributed by atoms with Crippen LogP contribution in [0.5, 0.6) is 0 Å². The average Bonchev–Trinajstić information content (AvgIpc) is 2.06. The molecule has 2 nitrogen and oxygen atoms in total. The van der Waals surface area contributed by atoms with Crippen molar-refractivity contribution in [2.24, 2.45) is 0 Å². The van der Waals surface area contributed by atoms with Crippen LogP contribution in [0.2, 0.25) is 0 Å². The third-order valence-corrected chi connectivity index (χ3v) is 3.71. The van der Waals surface area contributed by atoms with E-state index in [9.17, 15) is 4.57 Å². The summed E-state index contributed by atoms with van der Waals surface area (Å²) in [5.41, 5.74) is 0.844. The van der Waals surface area contributed by atoms with Gasteiger partial charge in [-0.05, 0) is 16.8 Å². The molecule has 0 fully saturated rings. The minimum absolute atomic E-state index is 0.152. The fourth-order valence-corrected chi connectivity index (χ4v) is 2.08. The van der Waals surface area contributed by atoms with Gasteiger partial charge in [-0.3, -0.25) is 4.57 Å². The lowest BCUT2D eigenvalue weighted by Crippen LogP contribution is -1.82. The molecule has 66 valence electrons. The molecule has 1 aromatic carbocycles. The van der Waals surface area contributed by atoms with Crippen LogP contribution < -0.4 is 0 Å². The predicted octanol–water partition coefficient (Wildman–Crippen LogP) is 3.79. The van der Waals surface area contributed by atoms with E-state index < -0.39 is 6.72 Å². The minimum atomic E-state index is -3.16. The third-order valence-electron chi connectivity index (χ3n) is 1.32. The Bertz CT molecular complexity index is 289. The fourth-order valence-electron chi connectivity index (χ4n) is 0.826. The quantitative estimate of drug-likeness (QED) is 0.731. The van der Waals surface area contributed by atoms with E-state index in [1.54, 1.807) is 0 Å². The normalized spacial score (nSPS) is 15.5. The van der Waals surface area contributed by atoms with E-state index in [1.807, 2.05) is 30.3 Å². The lowest BCUT2D eigenvalue weighted by atomic mass is 10.2. The van der Waals surface area contributed by atoms with Gasteiger partial charge in [0.1, 0.15) is 0 Å². The SMILES string of the molecule is O=P(Cl)(Cc1ccccc1)OCl. The van der Waals surface area contributed by atoms with Crippen LogP contribution >= 0.6 is 29.8 Å². The van der Waals surface area contributed by atoms with Crippen LogP contribution in [0.1, 0.15) is 5.56 Å². The zero-order chi connectivity index (χ0) is 9.03. The van der Waals surface area contributed by atoms with Crippen molar-refractivity contribution in [1.82, 2.24) is 0 Å². The first-order chi connectivity index (χ1) is 5.64. The Morgan fingerprint density at radius 2 is 1.92 bits per heavy atom. The highest BCUT2D eigenvalue weighted by atomic mass is 35.7. The van der Waals surface area contributed by atoms with Crippen molar-refractivity contribution in [3.8, 4) is 0 Å². The van der Waals surface area contributed by atoms with Gasteiger partial charge in [0.05, 0.1) is 18.0 Å². The predicted molar refractivity (Wildman–Crippen MR) is 50.5 cm³/mol. The first-order valence-electron chi connectivity index (χ1n) is 3.27. The summed E-state index contributed by atoms with van der Waals surface area (Å²) < 4.78 is 15.3. The van der Waals surface area contributed by atoms with Gasteiger partial charge in [-0.2, -0.15) is 0 Å². The molecular formula is C7H7Cl2O2P. The fraction of sp³-hybridized carbons (Fsp3) is 0.143. The largest absolute Gasteiger partial charge is 0.310 e. The standard InChI is InChI=1S/C7H7Cl2O2P/c8-11-12(9,10)6-7-4-2-1-3-5-7/h1-5H,6H2. The second-order valence-electron chi connectivity index (χ2n) is 2.30. The summed E-state index contributed by atoms with van der Waals surface area (Å²) in [6.45, 7) is -3.16. The molecular weight excluding hydrogens is 218 g/mol. The minimum Gasteiger partial charge on any atom is -0.273 e. The second kappa shape index (κ2) is 4.29. The monoisotopic (exact) mass is 224 g/mol. The number of halogens is 2. The van der Waals surface area contributed by atoms with Crippen LogP contribution in [-0.4, -0.2) is 0 Å². The Balaban J connectivity index is 2.71. The maximum Gasteiger partial charge on any atom is 0.310 e. The van der Waals surface area contributed by atoms with E-state index in [0.29, 0.717) is 0 Å². The molecule has 0 amide bonds. The molecule has 0 aliphatic heterocycles. The van der Waals surface area contributed by atoms with Crippen molar-refractivity contribution < 1.29 is 8.64 Å². The smallest absolute Gasteiger partial charge is 0.273 e. The highest BCUT2D eigenvalue weighted by Gasteiger charge is 2.19. The van der Waals surface area contributed by atoms with Crippen molar-refractivity contribution in [2.75, 3.05) is 0 Å². The molecule has 1 rings (SSSR count). The summed E-state index contributed by atoms with van der Waals surface area (Å²) in [6, 6.07) is 9.15. The molecule has 0 heterocycles. The van der Waals surface area contributed by atoms with Crippen LogP contribution in [0.15, 0.2) is 30.3 Å². The Hall–Kier alpha value is -0.0100. The lowest BCUT2D eigenvalue weighted by molar-refractivity contribution is 0.518. The molecule has 0 saturated heterocycles. The number of benzene rings is 1. The van der Waals surface area contributed by atoms with Crippen molar-refractivity contribution in [3.05, 3.63) is 35.9 Å². The summed E-state index contributed by atoms with van der Waals surface area (Å²) >= 11 is 10.4. The number of hydrogen-bond donors (Lipinski definition) is 0. The van der Waals surface area contributed by atoms with Crippen molar-refractivity contribution in [3.63, 3.8) is 0 Å². The van der Waals surface area contributed by atoms with Crippen LogP contribution in [0.4, 0.5) is 0 Å². The van der Waals surface area contributed by atoms with Gasteiger partial charge in [0.15, 0.2) is 0 Å². The van der Waals surface area contributed by atoms with Crippen LogP contribution in [0.25, 0.3) is 0 Å². The molecule has 0 spiro atoms. The lowest BCUT2D eigenvalue weighted by Gasteiger charge is -2.04. The molecule has 0 aliphatic carbocycles. The zero-order valence-corrected chi connectivity index (χ0v) is 8.52. The average molecular weight is 225 g/mol. The Kier molecular flexibility index (Phi) is 3.60. The Morgan fingerprint density at radius 3 is 2.42 bits per heavy atom. The van der Waals surface area contributed by atoms with E-state index in [0.717, 1.165) is 5.56 Å². The molecule has 12 heavy (non-hydrogen) atoms. The maximum absolute atomic E-state index is 11.2. The highest BCUT2D eigenvalue weighted by molar-refractivity contribution is 7.85. The van der Waals surface area contributed by atoms with Crippen LogP contribution in [-0.2, 0) is 14.8 Å². The number of hydrogen-bond acceptors (Lipinski definition) is 2. The summed E-state index contributed by atoms with van der Waals surface area (Å²) in [6.07, 6.45) is 0.152. The van der Waals surface area contributed by atoms with Gasteiger partial charge in [-0.25, -0.2) is 4.08 Å². The molecule has 1 unspecified atom stereocenters. The first kappa shape index (κ1) is 10.1. The molecule has 0 saturated carbocycles. The van der Waals surface area contributed by atoms with Gasteiger partial charge in [-0.1, -0.05) is 30.3 Å². The molecule has 1 aromatic rings. The molecule has 0 N–H and O–H groups in total. The first-order valence-corrected chi connectivity index (χ1v) is 6.29. The van der Waals surface area contributed by atoms with Gasteiger partial charge in [0, 0.05) is 0 Å². The molecule has 0 aromatic heterocycles. The van der Waals surface area contributed by atoms with Gasteiger partial charge in [-0.15, -0.1) is 0 Å². The topological polar surface area (TPSA) is 26.3 Å². The van der Waals surface area contributed by atoms with Crippen molar-refractivity contribution in [1.29, 1.82) is 0 Å². The van der Waals surface area contributed by atoms with E-state index in [2.05, 4.69) is 4.08 Å². The molecule has 0 radical (unpaired) electrons. The van der Waals surface area contributed by atoms with Gasteiger partial charge in [0.25, 0.3) is 0 Å². The summed E-state index contributed by atoms with van der Waals surface area (Å²) in [5, 5.41) is 0. The Morgan fingerprint density at radius 1 is 1.33 bits per heavy atom. The van der Waals surface area contributed by atoms with Crippen molar-refractivity contribution >= 4 is 29.8 Å². The van der Waals surface area contributed by atoms with Crippen molar-refractivity contribution in [2.45, 2.75) is 6.16 Å². The van der Waals surface area contributed by atoms with Gasteiger partial charge >= 0.3 is 6.72 Å². The van der Waals surface area contributed by atoms with Gasteiger partial charge < -0.3 is 0 Å². The summed E-state index contributed by atoms with van der Waals surface area (Å²) in [5.74, 6) is 0. The molecule has 1 atom stereocenters. The van der Waals surface area contributed by atoms with E-state index in [-0.39, 0.29) is 6.16 Å². The third kappa shape index (κ3) is 3.16.